The van der Waals surface area contributed by atoms with Crippen molar-refractivity contribution in [3.8, 4) is 5.75 Å². The van der Waals surface area contributed by atoms with Gasteiger partial charge in [0.05, 0.1) is 0 Å². The minimum atomic E-state index is 0.330. The van der Waals surface area contributed by atoms with Gasteiger partial charge in [-0.3, -0.25) is 4.90 Å². The van der Waals surface area contributed by atoms with Crippen molar-refractivity contribution in [1.29, 1.82) is 0 Å². The van der Waals surface area contributed by atoms with Crippen molar-refractivity contribution >= 4 is 0 Å². The van der Waals surface area contributed by atoms with Crippen molar-refractivity contribution in [3.63, 3.8) is 0 Å². The Labute approximate surface area is 127 Å². The van der Waals surface area contributed by atoms with Gasteiger partial charge >= 0.3 is 0 Å². The van der Waals surface area contributed by atoms with Crippen LogP contribution in [0.3, 0.4) is 0 Å². The normalized spacial score (nSPS) is 34.9. The summed E-state index contributed by atoms with van der Waals surface area (Å²) in [7, 11) is 0. The lowest BCUT2D eigenvalue weighted by Crippen LogP contribution is -2.57. The van der Waals surface area contributed by atoms with Gasteiger partial charge in [0.1, 0.15) is 5.75 Å². The average molecular weight is 283 g/mol. The van der Waals surface area contributed by atoms with Crippen LogP contribution in [-0.4, -0.2) is 29.6 Å². The third kappa shape index (κ3) is 1.75. The van der Waals surface area contributed by atoms with Crippen LogP contribution in [0.25, 0.3) is 0 Å². The fraction of sp³-hybridized carbons (Fsp3) is 0.579. The Morgan fingerprint density at radius 3 is 3.00 bits per heavy atom. The molecule has 4 rings (SSSR count). The monoisotopic (exact) mass is 283 g/mol. The predicted octanol–water partition coefficient (Wildman–Crippen LogP) is 3.64. The number of benzene rings is 1. The summed E-state index contributed by atoms with van der Waals surface area (Å²) in [5, 5.41) is 10.0. The highest BCUT2D eigenvalue weighted by molar-refractivity contribution is 5.46. The third-order valence-electron chi connectivity index (χ3n) is 6.52. The first-order chi connectivity index (χ1) is 10.2. The van der Waals surface area contributed by atoms with Crippen LogP contribution < -0.4 is 0 Å². The molecule has 1 N–H and O–H groups in total. The molecule has 2 fully saturated rings. The Bertz CT molecular complexity index is 581. The topological polar surface area (TPSA) is 23.5 Å². The molecule has 112 valence electrons. The molecular weight excluding hydrogens is 258 g/mol. The Morgan fingerprint density at radius 1 is 1.24 bits per heavy atom. The molecule has 0 radical (unpaired) electrons. The zero-order chi connectivity index (χ0) is 14.5. The molecule has 1 heterocycles. The van der Waals surface area contributed by atoms with Gasteiger partial charge in [0.25, 0.3) is 0 Å². The van der Waals surface area contributed by atoms with Gasteiger partial charge in [-0.25, -0.2) is 0 Å². The van der Waals surface area contributed by atoms with Crippen LogP contribution in [0.4, 0.5) is 0 Å². The molecule has 0 aromatic heterocycles. The van der Waals surface area contributed by atoms with Crippen LogP contribution in [0.15, 0.2) is 30.9 Å². The van der Waals surface area contributed by atoms with E-state index in [-0.39, 0.29) is 0 Å². The van der Waals surface area contributed by atoms with E-state index in [2.05, 4.69) is 23.6 Å². The Morgan fingerprint density at radius 2 is 2.14 bits per heavy atom. The molecule has 0 bridgehead atoms. The summed E-state index contributed by atoms with van der Waals surface area (Å²) < 4.78 is 0. The van der Waals surface area contributed by atoms with E-state index in [4.69, 9.17) is 0 Å². The molecule has 2 atom stereocenters. The van der Waals surface area contributed by atoms with E-state index >= 15 is 0 Å². The van der Waals surface area contributed by atoms with Gasteiger partial charge in [-0.1, -0.05) is 18.6 Å². The molecule has 2 heteroatoms. The standard InChI is InChI=1S/C19H25NO/c1-2-11-20-12-10-19-8-3-7-18(19,14-20)9-6-15-4-5-16(21)13-17(15)19/h2,4-5,13,21H,1,3,6-12,14H2. The molecular formula is C19H25NO. The van der Waals surface area contributed by atoms with Crippen molar-refractivity contribution < 1.29 is 5.11 Å². The van der Waals surface area contributed by atoms with Gasteiger partial charge in [0.2, 0.25) is 0 Å². The summed E-state index contributed by atoms with van der Waals surface area (Å²) in [6.45, 7) is 7.32. The molecule has 2 nitrogen and oxygen atoms in total. The zero-order valence-electron chi connectivity index (χ0n) is 12.8. The molecule has 0 amide bonds. The van der Waals surface area contributed by atoms with Crippen molar-refractivity contribution in [2.75, 3.05) is 19.6 Å². The number of nitrogens with zero attached hydrogens (tertiary/aromatic N) is 1. The van der Waals surface area contributed by atoms with Crippen molar-refractivity contribution in [2.24, 2.45) is 5.41 Å². The van der Waals surface area contributed by atoms with E-state index in [1.54, 1.807) is 0 Å². The lowest BCUT2D eigenvalue weighted by Gasteiger charge is -2.56. The number of phenols is 1. The maximum absolute atomic E-state index is 10.0. The lowest BCUT2D eigenvalue weighted by atomic mass is 9.52. The van der Waals surface area contributed by atoms with Crippen molar-refractivity contribution in [1.82, 2.24) is 4.90 Å². The number of likely N-dealkylation sites (tertiary alicyclic amines) is 1. The highest BCUT2D eigenvalue weighted by Crippen LogP contribution is 2.63. The number of piperidine rings is 1. The van der Waals surface area contributed by atoms with Gasteiger partial charge in [-0.2, -0.15) is 0 Å². The van der Waals surface area contributed by atoms with E-state index in [0.717, 1.165) is 6.54 Å². The summed E-state index contributed by atoms with van der Waals surface area (Å²) >= 11 is 0. The van der Waals surface area contributed by atoms with Gasteiger partial charge in [0, 0.05) is 18.5 Å². The summed E-state index contributed by atoms with van der Waals surface area (Å²) in [6.07, 6.45) is 9.80. The van der Waals surface area contributed by atoms with Gasteiger partial charge in [-0.15, -0.1) is 6.58 Å². The lowest BCUT2D eigenvalue weighted by molar-refractivity contribution is 0.0123. The Hall–Kier alpha value is -1.28. The molecule has 1 aromatic rings. The van der Waals surface area contributed by atoms with Crippen molar-refractivity contribution in [3.05, 3.63) is 42.0 Å². The number of aryl methyl sites for hydroxylation is 1. The first-order valence-electron chi connectivity index (χ1n) is 8.35. The third-order valence-corrected chi connectivity index (χ3v) is 6.52. The van der Waals surface area contributed by atoms with Crippen LogP contribution in [-0.2, 0) is 11.8 Å². The summed E-state index contributed by atoms with van der Waals surface area (Å²) in [5.74, 6) is 0.444. The zero-order valence-corrected chi connectivity index (χ0v) is 12.8. The van der Waals surface area contributed by atoms with Crippen LogP contribution in [0.2, 0.25) is 0 Å². The fourth-order valence-electron chi connectivity index (χ4n) is 5.65. The second-order valence-electron chi connectivity index (χ2n) is 7.33. The average Bonchev–Trinajstić information content (AvgIpc) is 2.87. The SMILES string of the molecule is C=CCN1CCC23CCCC2(CCc2ccc(O)cc23)C1. The van der Waals surface area contributed by atoms with Gasteiger partial charge in [0.15, 0.2) is 0 Å². The van der Waals surface area contributed by atoms with Crippen LogP contribution in [0, 0.1) is 5.41 Å². The minimum absolute atomic E-state index is 0.330. The van der Waals surface area contributed by atoms with Crippen LogP contribution in [0.1, 0.15) is 43.2 Å². The van der Waals surface area contributed by atoms with E-state index in [1.165, 1.54) is 62.7 Å². The van der Waals surface area contributed by atoms with Crippen molar-refractivity contribution in [2.45, 2.75) is 43.9 Å². The number of phenolic OH excluding ortho intramolecular Hbond substituents is 1. The van der Waals surface area contributed by atoms with E-state index < -0.39 is 0 Å². The fourth-order valence-corrected chi connectivity index (χ4v) is 5.65. The molecule has 0 spiro atoms. The van der Waals surface area contributed by atoms with Crippen LogP contribution >= 0.6 is 0 Å². The molecule has 1 saturated carbocycles. The van der Waals surface area contributed by atoms with E-state index in [9.17, 15) is 5.11 Å². The maximum atomic E-state index is 10.0. The Balaban J connectivity index is 1.80. The van der Waals surface area contributed by atoms with E-state index in [0.29, 0.717) is 16.6 Å². The molecule has 3 aliphatic rings. The number of hydrogen-bond donors (Lipinski definition) is 1. The quantitative estimate of drug-likeness (QED) is 0.838. The van der Waals surface area contributed by atoms with Gasteiger partial charge in [-0.05, 0) is 67.3 Å². The first-order valence-corrected chi connectivity index (χ1v) is 8.35. The summed E-state index contributed by atoms with van der Waals surface area (Å²) in [4.78, 5) is 2.59. The minimum Gasteiger partial charge on any atom is -0.508 e. The van der Waals surface area contributed by atoms with Crippen LogP contribution in [0.5, 0.6) is 5.75 Å². The Kier molecular flexibility index (Phi) is 2.94. The molecule has 1 aromatic carbocycles. The number of fused-ring (bicyclic) bond motifs is 1. The van der Waals surface area contributed by atoms with Gasteiger partial charge < -0.3 is 5.11 Å². The predicted molar refractivity (Wildman–Crippen MR) is 85.6 cm³/mol. The largest absolute Gasteiger partial charge is 0.508 e. The second-order valence-corrected chi connectivity index (χ2v) is 7.33. The maximum Gasteiger partial charge on any atom is 0.115 e. The molecule has 2 aliphatic carbocycles. The smallest absolute Gasteiger partial charge is 0.115 e. The highest BCUT2D eigenvalue weighted by atomic mass is 16.3. The van der Waals surface area contributed by atoms with E-state index in [1.807, 2.05) is 12.1 Å². The molecule has 1 saturated heterocycles. The number of hydrogen-bond acceptors (Lipinski definition) is 2. The second kappa shape index (κ2) is 4.61. The summed E-state index contributed by atoms with van der Waals surface area (Å²) in [5.41, 5.74) is 3.73. The molecule has 21 heavy (non-hydrogen) atoms. The molecule has 1 aliphatic heterocycles. The number of rotatable bonds is 2. The molecule has 2 unspecified atom stereocenters. The number of aromatic hydroxyl groups is 1. The summed E-state index contributed by atoms with van der Waals surface area (Å²) in [6, 6.07) is 6.11. The highest BCUT2D eigenvalue weighted by Gasteiger charge is 2.59. The first kappa shape index (κ1) is 13.4.